The van der Waals surface area contributed by atoms with E-state index < -0.39 is 0 Å². The third-order valence-electron chi connectivity index (χ3n) is 8.59. The van der Waals surface area contributed by atoms with Crippen molar-refractivity contribution in [1.29, 1.82) is 0 Å². The van der Waals surface area contributed by atoms with Crippen LogP contribution in [0, 0.1) is 22.7 Å². The molecule has 8 heteroatoms. The van der Waals surface area contributed by atoms with Gasteiger partial charge in [-0.3, -0.25) is 19.2 Å². The van der Waals surface area contributed by atoms with Crippen LogP contribution in [0.4, 0.5) is 11.4 Å². The van der Waals surface area contributed by atoms with Gasteiger partial charge in [0.1, 0.15) is 0 Å². The third-order valence-corrected chi connectivity index (χ3v) is 8.59. The maximum atomic E-state index is 13.1. The molecule has 2 amide bonds. The van der Waals surface area contributed by atoms with Gasteiger partial charge in [0.2, 0.25) is 11.8 Å². The number of hydrogen-bond acceptors (Lipinski definition) is 4. The molecule has 4 fully saturated rings. The Hall–Kier alpha value is -3.16. The maximum absolute atomic E-state index is 13.1. The second-order valence-electron chi connectivity index (χ2n) is 11.5. The Kier molecular flexibility index (Phi) is 6.39. The summed E-state index contributed by atoms with van der Waals surface area (Å²) in [4.78, 5) is 50.0. The van der Waals surface area contributed by atoms with Crippen LogP contribution >= 0.6 is 0 Å². The molecule has 2 N–H and O–H groups in total. The van der Waals surface area contributed by atoms with Gasteiger partial charge in [0.15, 0.2) is 0 Å². The predicted molar refractivity (Wildman–Crippen MR) is 139 cm³/mol. The Morgan fingerprint density at radius 3 is 1.58 bits per heavy atom. The smallest absolute Gasteiger partial charge is 0.250 e. The number of anilines is 2. The summed E-state index contributed by atoms with van der Waals surface area (Å²) < 4.78 is 3.17. The van der Waals surface area contributed by atoms with Gasteiger partial charge in [-0.2, -0.15) is 0 Å². The molecule has 192 valence electrons. The van der Waals surface area contributed by atoms with Crippen molar-refractivity contribution in [2.75, 3.05) is 10.6 Å². The first kappa shape index (κ1) is 24.5. The highest BCUT2D eigenvalue weighted by Gasteiger charge is 2.58. The first-order valence-electron chi connectivity index (χ1n) is 13.2. The minimum absolute atomic E-state index is 0.0142. The number of rotatable bonds is 8. The fourth-order valence-corrected chi connectivity index (χ4v) is 7.86. The number of nitrogens with one attached hydrogen (secondary N) is 2. The van der Waals surface area contributed by atoms with E-state index in [1.165, 1.54) is 18.6 Å². The molecule has 2 aromatic heterocycles. The van der Waals surface area contributed by atoms with Crippen molar-refractivity contribution in [3.8, 4) is 0 Å². The average Bonchev–Trinajstić information content (AvgIpc) is 2.79. The number of hydrogen-bond donors (Lipinski definition) is 2. The summed E-state index contributed by atoms with van der Waals surface area (Å²) in [5.74, 6) is 1.10. The van der Waals surface area contributed by atoms with Crippen LogP contribution in [0.5, 0.6) is 0 Å². The van der Waals surface area contributed by atoms with Crippen LogP contribution in [0.1, 0.15) is 65.2 Å². The van der Waals surface area contributed by atoms with Gasteiger partial charge in [-0.25, -0.2) is 0 Å². The van der Waals surface area contributed by atoms with E-state index in [2.05, 4.69) is 10.6 Å². The molecule has 36 heavy (non-hydrogen) atoms. The summed E-state index contributed by atoms with van der Waals surface area (Å²) in [6.45, 7) is 4.91. The highest BCUT2D eigenvalue weighted by Crippen LogP contribution is 2.67. The lowest BCUT2D eigenvalue weighted by Crippen LogP contribution is -2.53. The highest BCUT2D eigenvalue weighted by atomic mass is 16.2. The van der Waals surface area contributed by atoms with Gasteiger partial charge in [0.05, 0.1) is 11.4 Å². The molecule has 0 aliphatic heterocycles. The molecule has 4 saturated carbocycles. The highest BCUT2D eigenvalue weighted by molar-refractivity contribution is 5.92. The summed E-state index contributed by atoms with van der Waals surface area (Å²) in [6.07, 6.45) is 10.6. The van der Waals surface area contributed by atoms with Gasteiger partial charge in [-0.05, 0) is 87.2 Å². The molecule has 4 aliphatic carbocycles. The molecular weight excluding hydrogens is 456 g/mol. The summed E-state index contributed by atoms with van der Waals surface area (Å²) in [5, 5.41) is 6.03. The molecule has 0 aromatic carbocycles. The predicted octanol–water partition coefficient (Wildman–Crippen LogP) is 3.99. The van der Waals surface area contributed by atoms with Crippen LogP contribution in [0.3, 0.4) is 0 Å². The Morgan fingerprint density at radius 2 is 1.19 bits per heavy atom. The molecule has 4 bridgehead atoms. The van der Waals surface area contributed by atoms with Gasteiger partial charge in [0, 0.05) is 50.5 Å². The zero-order valence-electron chi connectivity index (χ0n) is 21.2. The topological polar surface area (TPSA) is 102 Å². The summed E-state index contributed by atoms with van der Waals surface area (Å²) in [5.41, 5.74) is 1.00. The van der Waals surface area contributed by atoms with Crippen LogP contribution < -0.4 is 21.8 Å². The monoisotopic (exact) mass is 492 g/mol. The number of amides is 2. The van der Waals surface area contributed by atoms with Crippen LogP contribution in [-0.4, -0.2) is 20.9 Å². The molecule has 4 aliphatic rings. The van der Waals surface area contributed by atoms with E-state index in [-0.39, 0.29) is 33.8 Å². The van der Waals surface area contributed by atoms with Crippen molar-refractivity contribution < 1.29 is 9.59 Å². The minimum Gasteiger partial charge on any atom is -0.325 e. The third kappa shape index (κ3) is 4.90. The quantitative estimate of drug-likeness (QED) is 0.582. The second kappa shape index (κ2) is 9.37. The van der Waals surface area contributed by atoms with Gasteiger partial charge < -0.3 is 19.8 Å². The normalized spacial score (nSPS) is 28.2. The standard InChI is InChI=1S/C28H36N4O4/c1-3-31-16-21(5-7-25(31)35)29-23(33)14-27-10-19-9-20(11-27)13-28(12-19,18-27)15-24(34)30-22-6-8-26(36)32(4-2)17-22/h5-8,16-17,19-20H,3-4,9-15,18H2,1-2H3,(H,29,33)(H,30,34). The van der Waals surface area contributed by atoms with Crippen molar-refractivity contribution in [2.24, 2.45) is 22.7 Å². The first-order valence-corrected chi connectivity index (χ1v) is 13.2. The van der Waals surface area contributed by atoms with Gasteiger partial charge in [0.25, 0.3) is 11.1 Å². The van der Waals surface area contributed by atoms with E-state index in [0.717, 1.165) is 32.1 Å². The van der Waals surface area contributed by atoms with Crippen molar-refractivity contribution in [3.63, 3.8) is 0 Å². The molecule has 2 aromatic rings. The van der Waals surface area contributed by atoms with E-state index >= 15 is 0 Å². The van der Waals surface area contributed by atoms with E-state index in [1.807, 2.05) is 13.8 Å². The number of carbonyl (C=O) groups is 2. The van der Waals surface area contributed by atoms with Gasteiger partial charge >= 0.3 is 0 Å². The number of aryl methyl sites for hydroxylation is 2. The molecular formula is C28H36N4O4. The van der Waals surface area contributed by atoms with E-state index in [4.69, 9.17) is 0 Å². The Labute approximate surface area is 211 Å². The molecule has 8 nitrogen and oxygen atoms in total. The van der Waals surface area contributed by atoms with E-state index in [9.17, 15) is 19.2 Å². The SMILES string of the molecule is CCn1cc(NC(=O)CC23CC4CC(C2)CC(CC(=O)Nc2ccc(=O)n(CC)c2)(C4)C3)ccc1=O. The average molecular weight is 493 g/mol. The van der Waals surface area contributed by atoms with Crippen LogP contribution in [-0.2, 0) is 22.7 Å². The summed E-state index contributed by atoms with van der Waals surface area (Å²) in [6, 6.07) is 6.31. The van der Waals surface area contributed by atoms with E-state index in [1.54, 1.807) is 33.7 Å². The molecule has 0 atom stereocenters. The van der Waals surface area contributed by atoms with Gasteiger partial charge in [-0.1, -0.05) is 0 Å². The van der Waals surface area contributed by atoms with Crippen molar-refractivity contribution in [2.45, 2.75) is 78.3 Å². The van der Waals surface area contributed by atoms with Crippen LogP contribution in [0.15, 0.2) is 46.2 Å². The number of nitrogens with zero attached hydrogens (tertiary/aromatic N) is 2. The van der Waals surface area contributed by atoms with Crippen molar-refractivity contribution in [3.05, 3.63) is 57.4 Å². The zero-order valence-corrected chi connectivity index (χ0v) is 21.2. The summed E-state index contributed by atoms with van der Waals surface area (Å²) >= 11 is 0. The number of aromatic nitrogens is 2. The molecule has 2 heterocycles. The van der Waals surface area contributed by atoms with Crippen molar-refractivity contribution in [1.82, 2.24) is 9.13 Å². The van der Waals surface area contributed by atoms with Crippen LogP contribution in [0.25, 0.3) is 0 Å². The number of carbonyl (C=O) groups excluding carboxylic acids is 2. The maximum Gasteiger partial charge on any atom is 0.250 e. The first-order chi connectivity index (χ1) is 17.2. The van der Waals surface area contributed by atoms with E-state index in [0.29, 0.717) is 49.1 Å². The summed E-state index contributed by atoms with van der Waals surface area (Å²) in [7, 11) is 0. The number of pyridine rings is 2. The fraction of sp³-hybridized carbons (Fsp3) is 0.571. The zero-order chi connectivity index (χ0) is 25.5. The molecule has 0 radical (unpaired) electrons. The second-order valence-corrected chi connectivity index (χ2v) is 11.5. The fourth-order valence-electron chi connectivity index (χ4n) is 7.86. The lowest BCUT2D eigenvalue weighted by Gasteiger charge is -2.62. The molecule has 0 saturated heterocycles. The molecule has 0 spiro atoms. The van der Waals surface area contributed by atoms with Crippen molar-refractivity contribution >= 4 is 23.2 Å². The minimum atomic E-state index is -0.0784. The lowest BCUT2D eigenvalue weighted by molar-refractivity contribution is -0.142. The van der Waals surface area contributed by atoms with Gasteiger partial charge in [-0.15, -0.1) is 0 Å². The Balaban J connectivity index is 1.28. The molecule has 0 unspecified atom stereocenters. The Bertz CT molecular complexity index is 1180. The Morgan fingerprint density at radius 1 is 0.778 bits per heavy atom. The van der Waals surface area contributed by atoms with Crippen LogP contribution in [0.2, 0.25) is 0 Å². The largest absolute Gasteiger partial charge is 0.325 e. The molecule has 6 rings (SSSR count). The lowest BCUT2D eigenvalue weighted by atomic mass is 9.43.